The fourth-order valence-electron chi connectivity index (χ4n) is 9.59. The second-order valence-electron chi connectivity index (χ2n) is 17.9. The summed E-state index contributed by atoms with van der Waals surface area (Å²) >= 11 is 0. The van der Waals surface area contributed by atoms with Crippen LogP contribution in [0.5, 0.6) is 0 Å². The van der Waals surface area contributed by atoms with Crippen LogP contribution in [0.1, 0.15) is 148 Å². The second kappa shape index (κ2) is 22.0. The highest BCUT2D eigenvalue weighted by Crippen LogP contribution is 2.27. The number of hydrogen-bond donors (Lipinski definition) is 0. The van der Waals surface area contributed by atoms with E-state index >= 15 is 0 Å². The van der Waals surface area contributed by atoms with Crippen LogP contribution in [-0.4, -0.2) is 118 Å². The lowest BCUT2D eigenvalue weighted by atomic mass is 9.91. The number of nitrogens with zero attached hydrogens (tertiary/aromatic N) is 12. The normalized spacial score (nSPS) is 27.8. The molecule has 4 fully saturated rings. The van der Waals surface area contributed by atoms with Gasteiger partial charge in [-0.15, -0.1) is 0 Å². The van der Waals surface area contributed by atoms with E-state index in [2.05, 4.69) is 0 Å². The maximum Gasteiger partial charge on any atom is 0.0815 e. The zero-order valence-electron chi connectivity index (χ0n) is 36.8. The molecule has 1 aliphatic heterocycles. The minimum Gasteiger partial charge on any atom is -0.285 e. The van der Waals surface area contributed by atoms with Crippen molar-refractivity contribution in [1.82, 2.24) is 19.9 Å². The minimum absolute atomic E-state index is 0.0906. The maximum atomic E-state index is 5.05. The smallest absolute Gasteiger partial charge is 0.0815 e. The van der Waals surface area contributed by atoms with E-state index in [1.807, 2.05) is 123 Å². The molecule has 8 bridgehead atoms. The van der Waals surface area contributed by atoms with E-state index in [4.69, 9.17) is 59.9 Å². The Morgan fingerprint density at radius 1 is 0.219 bits per heavy atom. The third-order valence-corrected chi connectivity index (χ3v) is 13.1. The summed E-state index contributed by atoms with van der Waals surface area (Å²) in [6.45, 7) is 0. The molecule has 8 atom stereocenters. The van der Waals surface area contributed by atoms with Crippen molar-refractivity contribution in [3.8, 4) is 0 Å². The molecule has 64 heavy (non-hydrogen) atoms. The molecule has 12 nitrogen and oxygen atoms in total. The van der Waals surface area contributed by atoms with Crippen LogP contribution >= 0.6 is 0 Å². The first-order valence-corrected chi connectivity index (χ1v) is 23.8. The van der Waals surface area contributed by atoms with E-state index in [1.54, 1.807) is 0 Å². The van der Waals surface area contributed by atoms with Crippen molar-refractivity contribution in [3.05, 3.63) is 118 Å². The molecule has 12 heteroatoms. The van der Waals surface area contributed by atoms with Gasteiger partial charge in [0.15, 0.2) is 0 Å². The van der Waals surface area contributed by atoms with Gasteiger partial charge in [-0.3, -0.25) is 39.9 Å². The molecule has 328 valence electrons. The van der Waals surface area contributed by atoms with Gasteiger partial charge < -0.3 is 0 Å². The van der Waals surface area contributed by atoms with Crippen LogP contribution in [0.25, 0.3) is 0 Å². The molecule has 4 saturated carbocycles. The Morgan fingerprint density at radius 3 is 0.500 bits per heavy atom. The van der Waals surface area contributed by atoms with Crippen molar-refractivity contribution in [2.75, 3.05) is 0 Å². The molecule has 0 unspecified atom stereocenters. The Hall–Kier alpha value is -6.04. The summed E-state index contributed by atoms with van der Waals surface area (Å²) in [7, 11) is 0. The maximum absolute atomic E-state index is 5.05. The van der Waals surface area contributed by atoms with Gasteiger partial charge in [-0.05, 0) is 99.9 Å². The Morgan fingerprint density at radius 2 is 0.359 bits per heavy atom. The van der Waals surface area contributed by atoms with Crippen LogP contribution in [0.2, 0.25) is 0 Å². The van der Waals surface area contributed by atoms with E-state index in [1.165, 1.54) is 0 Å². The highest BCUT2D eigenvalue weighted by Gasteiger charge is 2.26. The van der Waals surface area contributed by atoms with Crippen LogP contribution in [0.15, 0.2) is 113 Å². The molecule has 0 radical (unpaired) electrons. The summed E-state index contributed by atoms with van der Waals surface area (Å²) in [6, 6.07) is 24.9. The fraction of sp³-hybridized carbons (Fsp3) is 0.462. The average Bonchev–Trinajstić information content (AvgIpc) is 3.35. The van der Waals surface area contributed by atoms with Gasteiger partial charge in [0.25, 0.3) is 0 Å². The molecule has 0 amide bonds. The van der Waals surface area contributed by atoms with Gasteiger partial charge in [0, 0.05) is 49.7 Å². The Balaban J connectivity index is 0.988. The standard InChI is InChI=1S/C52H60N12/c1-2-22-46-45(21-1)53-29-37-13-9-15-39(61-37)31-55-47-23-3-4-24-48(47)57-33-41-17-11-19-43(63-41)35-59-51-27-7-8-28-52(51)60-36-44-20-12-18-42(64-44)34-58-50-26-6-5-25-49(50)56-32-40-16-10-14-38(62-40)30-54-46/h9-20,29-36,45-52H,1-8,21-28H2/t45-,46-,47-,48+,49-,50+,51-,52-/m1/s1. The lowest BCUT2D eigenvalue weighted by Crippen LogP contribution is -2.27. The molecular weight excluding hydrogens is 793 g/mol. The van der Waals surface area contributed by atoms with E-state index in [0.717, 1.165) is 148 Å². The zero-order chi connectivity index (χ0) is 43.2. The van der Waals surface area contributed by atoms with Crippen molar-refractivity contribution in [1.29, 1.82) is 0 Å². The summed E-state index contributed by atoms with van der Waals surface area (Å²) in [6.07, 6.45) is 32.4. The monoisotopic (exact) mass is 853 g/mol. The van der Waals surface area contributed by atoms with E-state index in [-0.39, 0.29) is 48.3 Å². The number of aromatic nitrogens is 4. The lowest BCUT2D eigenvalue weighted by molar-refractivity contribution is 0.390. The highest BCUT2D eigenvalue weighted by atomic mass is 15.0. The molecule has 5 aliphatic rings. The van der Waals surface area contributed by atoms with Crippen molar-refractivity contribution in [3.63, 3.8) is 0 Å². The number of pyridine rings is 4. The summed E-state index contributed by atoms with van der Waals surface area (Å²) in [5.74, 6) is 0. The van der Waals surface area contributed by atoms with Crippen molar-refractivity contribution >= 4 is 49.7 Å². The molecule has 0 saturated heterocycles. The Kier molecular flexibility index (Phi) is 14.9. The van der Waals surface area contributed by atoms with Crippen LogP contribution in [-0.2, 0) is 0 Å². The van der Waals surface area contributed by atoms with Crippen LogP contribution in [0.3, 0.4) is 0 Å². The van der Waals surface area contributed by atoms with E-state index in [0.29, 0.717) is 0 Å². The summed E-state index contributed by atoms with van der Waals surface area (Å²) in [5.41, 5.74) is 6.60. The molecule has 4 aromatic heterocycles. The summed E-state index contributed by atoms with van der Waals surface area (Å²) in [4.78, 5) is 60.1. The molecule has 9 rings (SSSR count). The van der Waals surface area contributed by atoms with Gasteiger partial charge in [-0.2, -0.15) is 0 Å². The van der Waals surface area contributed by atoms with Gasteiger partial charge in [-0.1, -0.05) is 75.6 Å². The van der Waals surface area contributed by atoms with Gasteiger partial charge in [0.2, 0.25) is 0 Å². The van der Waals surface area contributed by atoms with Crippen molar-refractivity contribution in [2.24, 2.45) is 39.9 Å². The Bertz CT molecular complexity index is 1930. The third kappa shape index (κ3) is 12.1. The second-order valence-corrected chi connectivity index (χ2v) is 17.9. The largest absolute Gasteiger partial charge is 0.285 e. The number of hydrogen-bond acceptors (Lipinski definition) is 12. The number of fused-ring (bicyclic) bond motifs is 12. The predicted molar refractivity (Wildman–Crippen MR) is 262 cm³/mol. The van der Waals surface area contributed by atoms with Gasteiger partial charge >= 0.3 is 0 Å². The highest BCUT2D eigenvalue weighted by molar-refractivity contribution is 5.85. The number of aliphatic imine (C=N–C) groups is 8. The van der Waals surface area contributed by atoms with Gasteiger partial charge in [0.1, 0.15) is 0 Å². The van der Waals surface area contributed by atoms with E-state index in [9.17, 15) is 0 Å². The SMILES string of the molecule is C1=N[C@H]2CCCC[C@H]2N=Cc2cccc(n2)C=N[C@@H]2CCCC[C@H]2N=Cc2cccc(n2)C=N[C@@H]2CCCC[C@@H]2N=Cc2cccc(n2)C=N[C@@H]2CCCC[C@H]2N=Cc2cccc1n2. The predicted octanol–water partition coefficient (Wildman–Crippen LogP) is 8.98. The topological polar surface area (TPSA) is 150 Å². The molecule has 0 N–H and O–H groups in total. The van der Waals surface area contributed by atoms with Gasteiger partial charge in [0.05, 0.1) is 93.9 Å². The van der Waals surface area contributed by atoms with Crippen LogP contribution < -0.4 is 0 Å². The molecule has 0 aromatic carbocycles. The zero-order valence-corrected chi connectivity index (χ0v) is 36.8. The average molecular weight is 853 g/mol. The molecular formula is C52H60N12. The minimum atomic E-state index is 0.0906. The fourth-order valence-corrected chi connectivity index (χ4v) is 9.59. The summed E-state index contributed by atoms with van der Waals surface area (Å²) in [5, 5.41) is 0. The first-order chi connectivity index (χ1) is 31.7. The number of rotatable bonds is 0. The van der Waals surface area contributed by atoms with E-state index < -0.39 is 0 Å². The molecule has 4 aliphatic carbocycles. The van der Waals surface area contributed by atoms with Crippen LogP contribution in [0, 0.1) is 0 Å². The first-order valence-electron chi connectivity index (χ1n) is 23.8. The summed E-state index contributed by atoms with van der Waals surface area (Å²) < 4.78 is 0. The third-order valence-electron chi connectivity index (χ3n) is 13.1. The van der Waals surface area contributed by atoms with Crippen LogP contribution in [0.4, 0.5) is 0 Å². The lowest BCUT2D eigenvalue weighted by Gasteiger charge is -2.25. The quantitative estimate of drug-likeness (QED) is 0.174. The van der Waals surface area contributed by atoms with Gasteiger partial charge in [-0.25, -0.2) is 19.9 Å². The van der Waals surface area contributed by atoms with Crippen molar-refractivity contribution in [2.45, 2.75) is 151 Å². The molecule has 5 heterocycles. The first kappa shape index (κ1) is 43.2. The van der Waals surface area contributed by atoms with Crippen molar-refractivity contribution < 1.29 is 0 Å². The molecule has 0 spiro atoms. The molecule has 4 aromatic rings. The Labute approximate surface area is 377 Å².